The maximum atomic E-state index is 12.1. The monoisotopic (exact) mass is 347 g/mol. The molecule has 7 nitrogen and oxygen atoms in total. The van der Waals surface area contributed by atoms with E-state index in [1.54, 1.807) is 6.07 Å². The lowest BCUT2D eigenvalue weighted by molar-refractivity contribution is 0.0921. The Kier molecular flexibility index (Phi) is 5.38. The number of sulfonamides is 1. The van der Waals surface area contributed by atoms with Crippen molar-refractivity contribution in [1.29, 1.82) is 0 Å². The Morgan fingerprint density at radius 1 is 1.45 bits per heavy atom. The van der Waals surface area contributed by atoms with Gasteiger partial charge in [0.1, 0.15) is 5.69 Å². The molecule has 22 heavy (non-hydrogen) atoms. The molecule has 0 bridgehead atoms. The molecule has 0 saturated carbocycles. The first-order chi connectivity index (χ1) is 10.3. The van der Waals surface area contributed by atoms with Crippen LogP contribution >= 0.6 is 11.6 Å². The van der Waals surface area contributed by atoms with Crippen molar-refractivity contribution in [3.63, 3.8) is 0 Å². The highest BCUT2D eigenvalue weighted by atomic mass is 35.5. The number of nitrogens with zero attached hydrogens (tertiary/aromatic N) is 2. The second-order valence-corrected chi connectivity index (χ2v) is 7.96. The zero-order chi connectivity index (χ0) is 16.3. The van der Waals surface area contributed by atoms with Gasteiger partial charge in [-0.05, 0) is 12.1 Å². The van der Waals surface area contributed by atoms with Crippen LogP contribution in [0.2, 0.25) is 5.02 Å². The summed E-state index contributed by atoms with van der Waals surface area (Å²) in [4.78, 5) is 16.1. The van der Waals surface area contributed by atoms with Crippen LogP contribution in [0.3, 0.4) is 0 Å². The van der Waals surface area contributed by atoms with Crippen LogP contribution in [0.1, 0.15) is 10.5 Å². The lowest BCUT2D eigenvalue weighted by Gasteiger charge is -2.20. The van der Waals surface area contributed by atoms with E-state index in [0.29, 0.717) is 11.6 Å². The highest BCUT2D eigenvalue weighted by Gasteiger charge is 2.34. The molecule has 2 rings (SSSR count). The average molecular weight is 348 g/mol. The number of pyridine rings is 1. The molecule has 1 aliphatic rings. The zero-order valence-corrected chi connectivity index (χ0v) is 13.9. The maximum Gasteiger partial charge on any atom is 0.270 e. The summed E-state index contributed by atoms with van der Waals surface area (Å²) in [7, 11) is -0.387. The summed E-state index contributed by atoms with van der Waals surface area (Å²) in [5, 5.41) is 3.21. The van der Waals surface area contributed by atoms with Gasteiger partial charge in [0.05, 0.1) is 30.0 Å². The molecule has 1 fully saturated rings. The fourth-order valence-corrected chi connectivity index (χ4v) is 3.37. The first-order valence-corrected chi connectivity index (χ1v) is 8.68. The number of carbonyl (C=O) groups is 1. The van der Waals surface area contributed by atoms with Gasteiger partial charge in [-0.15, -0.1) is 0 Å². The molecule has 0 spiro atoms. The molecule has 0 aromatic carbocycles. The summed E-state index contributed by atoms with van der Waals surface area (Å²) < 4.78 is 30.4. The van der Waals surface area contributed by atoms with Crippen LogP contribution in [0.5, 0.6) is 0 Å². The molecule has 1 amide bonds. The number of carbonyl (C=O) groups excluding carboxylic acids is 1. The third kappa shape index (κ3) is 4.16. The molecule has 1 aliphatic heterocycles. The van der Waals surface area contributed by atoms with Crippen LogP contribution in [0.15, 0.2) is 18.3 Å². The van der Waals surface area contributed by atoms with Gasteiger partial charge in [-0.3, -0.25) is 4.79 Å². The van der Waals surface area contributed by atoms with E-state index in [-0.39, 0.29) is 35.9 Å². The molecule has 0 aliphatic carbocycles. The van der Waals surface area contributed by atoms with Crippen molar-refractivity contribution in [2.24, 2.45) is 5.92 Å². The van der Waals surface area contributed by atoms with E-state index in [1.807, 2.05) is 0 Å². The van der Waals surface area contributed by atoms with E-state index in [4.69, 9.17) is 16.3 Å². The number of nitrogens with one attached hydrogen (secondary N) is 1. The first-order valence-electron chi connectivity index (χ1n) is 6.70. The second kappa shape index (κ2) is 6.91. The summed E-state index contributed by atoms with van der Waals surface area (Å²) in [6, 6.07) is 2.72. The van der Waals surface area contributed by atoms with Crippen LogP contribution in [-0.4, -0.2) is 62.7 Å². The average Bonchev–Trinajstić information content (AvgIpc) is 2.85. The molecule has 0 radical (unpaired) electrons. The molecule has 2 heterocycles. The highest BCUT2D eigenvalue weighted by molar-refractivity contribution is 7.89. The van der Waals surface area contributed by atoms with Crippen LogP contribution in [-0.2, 0) is 14.8 Å². The Balaban J connectivity index is 2.02. The SMILES string of the molecule is CN(C)S(=O)(=O)C[C@@H]1COC[C@H]1NC(=O)c1ccc(Cl)cn1. The van der Waals surface area contributed by atoms with E-state index < -0.39 is 10.0 Å². The van der Waals surface area contributed by atoms with Crippen LogP contribution in [0.4, 0.5) is 0 Å². The number of hydrogen-bond acceptors (Lipinski definition) is 5. The van der Waals surface area contributed by atoms with Crippen molar-refractivity contribution in [2.75, 3.05) is 33.1 Å². The normalized spacial score (nSPS) is 22.0. The summed E-state index contributed by atoms with van der Waals surface area (Å²) >= 11 is 5.73. The second-order valence-electron chi connectivity index (χ2n) is 5.30. The van der Waals surface area contributed by atoms with Crippen molar-refractivity contribution in [2.45, 2.75) is 6.04 Å². The zero-order valence-electron chi connectivity index (χ0n) is 12.3. The molecule has 1 aromatic rings. The van der Waals surface area contributed by atoms with Crippen LogP contribution in [0.25, 0.3) is 0 Å². The van der Waals surface area contributed by atoms with Gasteiger partial charge in [0.15, 0.2) is 0 Å². The van der Waals surface area contributed by atoms with Crippen molar-refractivity contribution in [3.8, 4) is 0 Å². The minimum absolute atomic E-state index is 0.0704. The number of hydrogen-bond donors (Lipinski definition) is 1. The maximum absolute atomic E-state index is 12.1. The van der Waals surface area contributed by atoms with Crippen molar-refractivity contribution < 1.29 is 17.9 Å². The predicted octanol–water partition coefficient (Wildman–Crippen LogP) is 0.371. The lowest BCUT2D eigenvalue weighted by atomic mass is 10.1. The van der Waals surface area contributed by atoms with Crippen molar-refractivity contribution in [3.05, 3.63) is 29.0 Å². The number of halogens is 1. The van der Waals surface area contributed by atoms with Gasteiger partial charge in [0, 0.05) is 26.2 Å². The topological polar surface area (TPSA) is 88.6 Å². The Hall–Kier alpha value is -1.22. The number of rotatable bonds is 5. The van der Waals surface area contributed by atoms with Crippen molar-refractivity contribution >= 4 is 27.5 Å². The quantitative estimate of drug-likeness (QED) is 0.831. The third-order valence-corrected chi connectivity index (χ3v) is 5.64. The molecule has 1 saturated heterocycles. The van der Waals surface area contributed by atoms with Gasteiger partial charge < -0.3 is 10.1 Å². The van der Waals surface area contributed by atoms with Gasteiger partial charge in [-0.1, -0.05) is 11.6 Å². The molecule has 122 valence electrons. The van der Waals surface area contributed by atoms with Gasteiger partial charge in [0.25, 0.3) is 5.91 Å². The smallest absolute Gasteiger partial charge is 0.270 e. The van der Waals surface area contributed by atoms with Gasteiger partial charge in [0.2, 0.25) is 10.0 Å². The van der Waals surface area contributed by atoms with Crippen LogP contribution < -0.4 is 5.32 Å². The highest BCUT2D eigenvalue weighted by Crippen LogP contribution is 2.18. The molecule has 0 unspecified atom stereocenters. The molecule has 1 N–H and O–H groups in total. The minimum Gasteiger partial charge on any atom is -0.379 e. The number of amides is 1. The summed E-state index contributed by atoms with van der Waals surface area (Å²) in [5.74, 6) is -0.734. The number of aromatic nitrogens is 1. The van der Waals surface area contributed by atoms with E-state index in [2.05, 4.69) is 10.3 Å². The Labute approximate surface area is 134 Å². The van der Waals surface area contributed by atoms with Crippen molar-refractivity contribution in [1.82, 2.24) is 14.6 Å². The first kappa shape index (κ1) is 17.1. The predicted molar refractivity (Wildman–Crippen MR) is 82.3 cm³/mol. The standard InChI is InChI=1S/C13H18ClN3O4S/c1-17(2)22(19,20)8-9-6-21-7-12(9)16-13(18)11-4-3-10(14)5-15-11/h3-5,9,12H,6-8H2,1-2H3,(H,16,18)/t9-,12+/m0/s1. The summed E-state index contributed by atoms with van der Waals surface area (Å²) in [6.07, 6.45) is 1.38. The van der Waals surface area contributed by atoms with E-state index >= 15 is 0 Å². The molecule has 2 atom stereocenters. The van der Waals surface area contributed by atoms with E-state index in [9.17, 15) is 13.2 Å². The van der Waals surface area contributed by atoms with E-state index in [0.717, 1.165) is 0 Å². The fourth-order valence-electron chi connectivity index (χ4n) is 2.09. The lowest BCUT2D eigenvalue weighted by Crippen LogP contribution is -2.43. The summed E-state index contributed by atoms with van der Waals surface area (Å²) in [5.41, 5.74) is 0.227. The summed E-state index contributed by atoms with van der Waals surface area (Å²) in [6.45, 7) is 0.582. The molecular formula is C13H18ClN3O4S. The molecule has 9 heteroatoms. The Morgan fingerprint density at radius 3 is 2.77 bits per heavy atom. The molecule has 1 aromatic heterocycles. The van der Waals surface area contributed by atoms with Crippen LogP contribution in [0, 0.1) is 5.92 Å². The number of ether oxygens (including phenoxy) is 1. The molecular weight excluding hydrogens is 330 g/mol. The van der Waals surface area contributed by atoms with Gasteiger partial charge in [-0.25, -0.2) is 17.7 Å². The third-order valence-electron chi connectivity index (χ3n) is 3.46. The van der Waals surface area contributed by atoms with E-state index in [1.165, 1.54) is 30.7 Å². The minimum atomic E-state index is -3.35. The Morgan fingerprint density at radius 2 is 2.18 bits per heavy atom. The Bertz CT molecular complexity index is 633. The van der Waals surface area contributed by atoms with Gasteiger partial charge in [-0.2, -0.15) is 0 Å². The largest absolute Gasteiger partial charge is 0.379 e. The fraction of sp³-hybridized carbons (Fsp3) is 0.538. The van der Waals surface area contributed by atoms with Gasteiger partial charge >= 0.3 is 0 Å².